The SMILES string of the molecule is CCOc1ccc(CNCCC(C)C)cc1Cl. The van der Waals surface area contributed by atoms with Crippen molar-refractivity contribution >= 4 is 11.6 Å². The zero-order valence-electron chi connectivity index (χ0n) is 10.9. The second kappa shape index (κ2) is 7.57. The summed E-state index contributed by atoms with van der Waals surface area (Å²) in [5, 5.41) is 4.10. The van der Waals surface area contributed by atoms with E-state index < -0.39 is 0 Å². The third-order valence-electron chi connectivity index (χ3n) is 2.52. The minimum atomic E-state index is 0.645. The summed E-state index contributed by atoms with van der Waals surface area (Å²) in [5.74, 6) is 1.51. The highest BCUT2D eigenvalue weighted by molar-refractivity contribution is 6.32. The van der Waals surface area contributed by atoms with E-state index in [0.717, 1.165) is 24.8 Å². The van der Waals surface area contributed by atoms with Crippen molar-refractivity contribution in [3.05, 3.63) is 28.8 Å². The van der Waals surface area contributed by atoms with Gasteiger partial charge in [-0.3, -0.25) is 0 Å². The zero-order valence-corrected chi connectivity index (χ0v) is 11.7. The standard InChI is InChI=1S/C14H22ClNO/c1-4-17-14-6-5-12(9-13(14)15)10-16-8-7-11(2)3/h5-6,9,11,16H,4,7-8,10H2,1-3H3. The molecule has 0 aromatic heterocycles. The summed E-state index contributed by atoms with van der Waals surface area (Å²) in [7, 11) is 0. The lowest BCUT2D eigenvalue weighted by Gasteiger charge is -2.09. The lowest BCUT2D eigenvalue weighted by atomic mass is 10.1. The number of ether oxygens (including phenoxy) is 1. The van der Waals surface area contributed by atoms with E-state index in [1.165, 1.54) is 12.0 Å². The number of hydrogen-bond acceptors (Lipinski definition) is 2. The van der Waals surface area contributed by atoms with Crippen LogP contribution in [0, 0.1) is 5.92 Å². The van der Waals surface area contributed by atoms with Crippen LogP contribution in [0.1, 0.15) is 32.8 Å². The molecule has 0 aliphatic heterocycles. The Kier molecular flexibility index (Phi) is 6.38. The molecule has 0 aliphatic carbocycles. The van der Waals surface area contributed by atoms with Gasteiger partial charge in [0.05, 0.1) is 11.6 Å². The number of nitrogens with one attached hydrogen (secondary N) is 1. The Morgan fingerprint density at radius 3 is 2.71 bits per heavy atom. The van der Waals surface area contributed by atoms with Crippen molar-refractivity contribution in [1.29, 1.82) is 0 Å². The first-order valence-corrected chi connectivity index (χ1v) is 6.63. The van der Waals surface area contributed by atoms with Crippen LogP contribution in [0.15, 0.2) is 18.2 Å². The monoisotopic (exact) mass is 255 g/mol. The van der Waals surface area contributed by atoms with E-state index in [1.807, 2.05) is 19.1 Å². The summed E-state index contributed by atoms with van der Waals surface area (Å²) in [5.41, 5.74) is 1.20. The maximum atomic E-state index is 6.12. The average molecular weight is 256 g/mol. The van der Waals surface area contributed by atoms with Crippen LogP contribution in [0.5, 0.6) is 5.75 Å². The van der Waals surface area contributed by atoms with Crippen LogP contribution in [-0.4, -0.2) is 13.2 Å². The smallest absolute Gasteiger partial charge is 0.137 e. The molecule has 1 N–H and O–H groups in total. The lowest BCUT2D eigenvalue weighted by Crippen LogP contribution is -2.16. The topological polar surface area (TPSA) is 21.3 Å². The van der Waals surface area contributed by atoms with Gasteiger partial charge in [-0.25, -0.2) is 0 Å². The van der Waals surface area contributed by atoms with Gasteiger partial charge in [0.2, 0.25) is 0 Å². The van der Waals surface area contributed by atoms with Gasteiger partial charge in [0, 0.05) is 6.54 Å². The van der Waals surface area contributed by atoms with Gasteiger partial charge in [0.25, 0.3) is 0 Å². The van der Waals surface area contributed by atoms with Gasteiger partial charge >= 0.3 is 0 Å². The summed E-state index contributed by atoms with van der Waals surface area (Å²) in [6.45, 7) is 8.97. The van der Waals surface area contributed by atoms with E-state index in [0.29, 0.717) is 11.6 Å². The highest BCUT2D eigenvalue weighted by atomic mass is 35.5. The molecule has 0 fully saturated rings. The fraction of sp³-hybridized carbons (Fsp3) is 0.571. The first-order chi connectivity index (χ1) is 8.13. The van der Waals surface area contributed by atoms with Gasteiger partial charge in [-0.2, -0.15) is 0 Å². The van der Waals surface area contributed by atoms with Crippen molar-refractivity contribution in [2.45, 2.75) is 33.7 Å². The molecule has 1 aromatic rings. The molecule has 3 heteroatoms. The normalized spacial score (nSPS) is 10.9. The molecule has 1 aromatic carbocycles. The van der Waals surface area contributed by atoms with Crippen molar-refractivity contribution in [2.75, 3.05) is 13.2 Å². The molecule has 0 heterocycles. The van der Waals surface area contributed by atoms with Crippen molar-refractivity contribution in [3.8, 4) is 5.75 Å². The molecule has 0 spiro atoms. The second-order valence-electron chi connectivity index (χ2n) is 4.56. The summed E-state index contributed by atoms with van der Waals surface area (Å²) >= 11 is 6.12. The first-order valence-electron chi connectivity index (χ1n) is 6.25. The highest BCUT2D eigenvalue weighted by Gasteiger charge is 2.02. The number of halogens is 1. The van der Waals surface area contributed by atoms with Gasteiger partial charge in [-0.05, 0) is 43.5 Å². The Morgan fingerprint density at radius 2 is 2.12 bits per heavy atom. The number of rotatable bonds is 7. The number of hydrogen-bond donors (Lipinski definition) is 1. The van der Waals surface area contributed by atoms with Gasteiger partial charge in [0.15, 0.2) is 0 Å². The highest BCUT2D eigenvalue weighted by Crippen LogP contribution is 2.25. The number of benzene rings is 1. The average Bonchev–Trinajstić information content (AvgIpc) is 2.28. The van der Waals surface area contributed by atoms with Crippen LogP contribution in [0.2, 0.25) is 5.02 Å². The molecule has 0 saturated heterocycles. The fourth-order valence-corrected chi connectivity index (χ4v) is 1.81. The molecule has 0 saturated carbocycles. The van der Waals surface area contributed by atoms with Crippen molar-refractivity contribution < 1.29 is 4.74 Å². The van der Waals surface area contributed by atoms with Crippen LogP contribution < -0.4 is 10.1 Å². The Bertz CT molecular complexity index is 339. The third kappa shape index (κ3) is 5.42. The van der Waals surface area contributed by atoms with Crippen LogP contribution in [0.25, 0.3) is 0 Å². The largest absolute Gasteiger partial charge is 0.492 e. The second-order valence-corrected chi connectivity index (χ2v) is 4.96. The van der Waals surface area contributed by atoms with Gasteiger partial charge in [-0.15, -0.1) is 0 Å². The molecular weight excluding hydrogens is 234 g/mol. The molecule has 0 radical (unpaired) electrons. The summed E-state index contributed by atoms with van der Waals surface area (Å²) in [6.07, 6.45) is 1.20. The zero-order chi connectivity index (χ0) is 12.7. The van der Waals surface area contributed by atoms with E-state index in [-0.39, 0.29) is 0 Å². The Hall–Kier alpha value is -0.730. The van der Waals surface area contributed by atoms with Crippen molar-refractivity contribution in [2.24, 2.45) is 5.92 Å². The Morgan fingerprint density at radius 1 is 1.35 bits per heavy atom. The van der Waals surface area contributed by atoms with E-state index in [2.05, 4.69) is 25.2 Å². The molecular formula is C14H22ClNO. The van der Waals surface area contributed by atoms with E-state index in [1.54, 1.807) is 0 Å². The van der Waals surface area contributed by atoms with Crippen LogP contribution in [0.3, 0.4) is 0 Å². The Labute approximate surface area is 109 Å². The maximum absolute atomic E-state index is 6.12. The molecule has 17 heavy (non-hydrogen) atoms. The minimum Gasteiger partial charge on any atom is -0.492 e. The molecule has 0 atom stereocenters. The summed E-state index contributed by atoms with van der Waals surface area (Å²) in [4.78, 5) is 0. The summed E-state index contributed by atoms with van der Waals surface area (Å²) in [6, 6.07) is 5.96. The molecule has 0 bridgehead atoms. The summed E-state index contributed by atoms with van der Waals surface area (Å²) < 4.78 is 5.40. The van der Waals surface area contributed by atoms with Gasteiger partial charge in [-0.1, -0.05) is 31.5 Å². The predicted molar refractivity (Wildman–Crippen MR) is 73.8 cm³/mol. The van der Waals surface area contributed by atoms with Crippen molar-refractivity contribution in [3.63, 3.8) is 0 Å². The molecule has 1 rings (SSSR count). The van der Waals surface area contributed by atoms with Gasteiger partial charge < -0.3 is 10.1 Å². The molecule has 2 nitrogen and oxygen atoms in total. The molecule has 0 aliphatic rings. The quantitative estimate of drug-likeness (QED) is 0.747. The van der Waals surface area contributed by atoms with E-state index >= 15 is 0 Å². The van der Waals surface area contributed by atoms with Crippen LogP contribution >= 0.6 is 11.6 Å². The minimum absolute atomic E-state index is 0.645. The molecule has 96 valence electrons. The molecule has 0 amide bonds. The van der Waals surface area contributed by atoms with E-state index in [4.69, 9.17) is 16.3 Å². The predicted octanol–water partition coefficient (Wildman–Crippen LogP) is 3.87. The van der Waals surface area contributed by atoms with Crippen LogP contribution in [-0.2, 0) is 6.54 Å². The van der Waals surface area contributed by atoms with Gasteiger partial charge in [0.1, 0.15) is 5.75 Å². The molecule has 0 unspecified atom stereocenters. The lowest BCUT2D eigenvalue weighted by molar-refractivity contribution is 0.340. The third-order valence-corrected chi connectivity index (χ3v) is 2.82. The maximum Gasteiger partial charge on any atom is 0.137 e. The Balaban J connectivity index is 2.41. The van der Waals surface area contributed by atoms with Crippen molar-refractivity contribution in [1.82, 2.24) is 5.32 Å². The fourth-order valence-electron chi connectivity index (χ4n) is 1.55. The van der Waals surface area contributed by atoms with Crippen LogP contribution in [0.4, 0.5) is 0 Å². The first kappa shape index (κ1) is 14.3. The van der Waals surface area contributed by atoms with E-state index in [9.17, 15) is 0 Å².